The number of nitrogens with one attached hydrogen (secondary N) is 1. The monoisotopic (exact) mass is 204 g/mol. The van der Waals surface area contributed by atoms with Crippen molar-refractivity contribution < 1.29 is 0 Å². The molecule has 0 aliphatic rings. The smallest absolute Gasteiger partial charge is 0.0794 e. The van der Waals surface area contributed by atoms with Gasteiger partial charge in [-0.05, 0) is 12.5 Å². The van der Waals surface area contributed by atoms with E-state index in [1.165, 1.54) is 4.88 Å². The van der Waals surface area contributed by atoms with Crippen molar-refractivity contribution in [3.8, 4) is 0 Å². The van der Waals surface area contributed by atoms with E-state index in [9.17, 15) is 0 Å². The normalized spacial score (nSPS) is 13.2. The Hall–Kier alpha value is -0.120. The van der Waals surface area contributed by atoms with Crippen LogP contribution in [0.2, 0.25) is 0 Å². The summed E-state index contributed by atoms with van der Waals surface area (Å²) < 4.78 is 0. The molecule has 0 saturated heterocycles. The highest BCUT2D eigenvalue weighted by Gasteiger charge is 1.99. The van der Waals surface area contributed by atoms with Crippen molar-refractivity contribution in [2.45, 2.75) is 13.5 Å². The van der Waals surface area contributed by atoms with Crippen LogP contribution in [0.5, 0.6) is 0 Å². The Kier molecular flexibility index (Phi) is 4.58. The topological polar surface area (TPSA) is 24.9 Å². The molecule has 0 spiro atoms. The van der Waals surface area contributed by atoms with Gasteiger partial charge in [0.1, 0.15) is 0 Å². The Bertz CT molecular complexity index is 201. The van der Waals surface area contributed by atoms with E-state index in [4.69, 9.17) is 11.6 Å². The molecule has 4 heteroatoms. The number of rotatable bonds is 5. The second-order valence-corrected chi connectivity index (χ2v) is 4.14. The van der Waals surface area contributed by atoms with Crippen LogP contribution in [0.4, 0.5) is 0 Å². The van der Waals surface area contributed by atoms with Crippen LogP contribution >= 0.6 is 22.9 Å². The van der Waals surface area contributed by atoms with Gasteiger partial charge in [0.2, 0.25) is 0 Å². The molecule has 0 radical (unpaired) electrons. The van der Waals surface area contributed by atoms with E-state index in [1.807, 2.05) is 11.7 Å². The Morgan fingerprint density at radius 1 is 1.75 bits per heavy atom. The summed E-state index contributed by atoms with van der Waals surface area (Å²) in [4.78, 5) is 5.27. The van der Waals surface area contributed by atoms with Gasteiger partial charge in [-0.15, -0.1) is 22.9 Å². The molecule has 0 saturated carbocycles. The van der Waals surface area contributed by atoms with E-state index in [0.29, 0.717) is 5.92 Å². The summed E-state index contributed by atoms with van der Waals surface area (Å²) in [6.07, 6.45) is 1.89. The number of hydrogen-bond donors (Lipinski definition) is 1. The van der Waals surface area contributed by atoms with Gasteiger partial charge >= 0.3 is 0 Å². The average Bonchev–Trinajstić information content (AvgIpc) is 2.57. The van der Waals surface area contributed by atoms with Crippen LogP contribution in [0, 0.1) is 5.92 Å². The summed E-state index contributed by atoms with van der Waals surface area (Å²) in [5.74, 6) is 1.26. The van der Waals surface area contributed by atoms with Crippen LogP contribution in [0.25, 0.3) is 0 Å². The lowest BCUT2D eigenvalue weighted by molar-refractivity contribution is 0.559. The van der Waals surface area contributed by atoms with Gasteiger partial charge in [0.15, 0.2) is 0 Å². The molecule has 1 atom stereocenters. The molecule has 1 unspecified atom stereocenters. The zero-order valence-electron chi connectivity index (χ0n) is 7.09. The van der Waals surface area contributed by atoms with E-state index < -0.39 is 0 Å². The van der Waals surface area contributed by atoms with Crippen molar-refractivity contribution in [3.05, 3.63) is 16.6 Å². The molecule has 1 aromatic rings. The number of halogens is 1. The van der Waals surface area contributed by atoms with Gasteiger partial charge in [-0.3, -0.25) is 4.98 Å². The van der Waals surface area contributed by atoms with Crippen LogP contribution in [-0.4, -0.2) is 17.4 Å². The van der Waals surface area contributed by atoms with Crippen molar-refractivity contribution in [1.82, 2.24) is 10.3 Å². The van der Waals surface area contributed by atoms with Crippen LogP contribution in [0.1, 0.15) is 11.8 Å². The Morgan fingerprint density at radius 3 is 3.17 bits per heavy atom. The van der Waals surface area contributed by atoms with Crippen molar-refractivity contribution in [1.29, 1.82) is 0 Å². The van der Waals surface area contributed by atoms with Crippen LogP contribution < -0.4 is 5.32 Å². The van der Waals surface area contributed by atoms with Crippen LogP contribution in [-0.2, 0) is 6.54 Å². The first-order chi connectivity index (χ1) is 5.83. The number of hydrogen-bond acceptors (Lipinski definition) is 3. The molecule has 68 valence electrons. The number of aromatic nitrogens is 1. The maximum Gasteiger partial charge on any atom is 0.0794 e. The van der Waals surface area contributed by atoms with Gasteiger partial charge in [-0.25, -0.2) is 0 Å². The van der Waals surface area contributed by atoms with Gasteiger partial charge in [0, 0.05) is 23.5 Å². The van der Waals surface area contributed by atoms with Crippen molar-refractivity contribution >= 4 is 22.9 Å². The zero-order chi connectivity index (χ0) is 8.81. The second kappa shape index (κ2) is 5.51. The number of thiazole rings is 1. The highest BCUT2D eigenvalue weighted by atomic mass is 35.5. The van der Waals surface area contributed by atoms with Gasteiger partial charge < -0.3 is 5.32 Å². The number of nitrogens with zero attached hydrogens (tertiary/aromatic N) is 1. The predicted molar refractivity (Wildman–Crippen MR) is 53.7 cm³/mol. The van der Waals surface area contributed by atoms with Crippen molar-refractivity contribution in [2.75, 3.05) is 12.4 Å². The molecular weight excluding hydrogens is 192 g/mol. The van der Waals surface area contributed by atoms with Crippen molar-refractivity contribution in [2.24, 2.45) is 5.92 Å². The fraction of sp³-hybridized carbons (Fsp3) is 0.625. The van der Waals surface area contributed by atoms with Gasteiger partial charge in [0.05, 0.1) is 5.51 Å². The van der Waals surface area contributed by atoms with E-state index >= 15 is 0 Å². The molecular formula is C8H13ClN2S. The fourth-order valence-electron chi connectivity index (χ4n) is 0.826. The molecule has 1 heterocycles. The Morgan fingerprint density at radius 2 is 2.58 bits per heavy atom. The first-order valence-electron chi connectivity index (χ1n) is 3.97. The quantitative estimate of drug-likeness (QED) is 0.744. The average molecular weight is 205 g/mol. The maximum absolute atomic E-state index is 5.66. The maximum atomic E-state index is 5.66. The molecule has 0 bridgehead atoms. The standard InChI is InChI=1S/C8H13ClN2S/c1-7(2-9)3-10-4-8-5-11-6-12-8/h5-7,10H,2-4H2,1H3. The highest BCUT2D eigenvalue weighted by molar-refractivity contribution is 7.09. The first-order valence-corrected chi connectivity index (χ1v) is 5.38. The largest absolute Gasteiger partial charge is 0.311 e. The van der Waals surface area contributed by atoms with E-state index in [0.717, 1.165) is 19.0 Å². The lowest BCUT2D eigenvalue weighted by Crippen LogP contribution is -2.21. The Balaban J connectivity index is 2.11. The minimum absolute atomic E-state index is 0.541. The van der Waals surface area contributed by atoms with Crippen LogP contribution in [0.15, 0.2) is 11.7 Å². The first kappa shape index (κ1) is 9.96. The van der Waals surface area contributed by atoms with Gasteiger partial charge in [-0.2, -0.15) is 0 Å². The van der Waals surface area contributed by atoms with Gasteiger partial charge in [-0.1, -0.05) is 6.92 Å². The molecule has 0 aromatic carbocycles. The highest BCUT2D eigenvalue weighted by Crippen LogP contribution is 2.04. The zero-order valence-corrected chi connectivity index (χ0v) is 8.66. The molecule has 0 fully saturated rings. The summed E-state index contributed by atoms with van der Waals surface area (Å²) in [6, 6.07) is 0. The molecule has 2 nitrogen and oxygen atoms in total. The minimum Gasteiger partial charge on any atom is -0.311 e. The summed E-state index contributed by atoms with van der Waals surface area (Å²) >= 11 is 7.34. The lowest BCUT2D eigenvalue weighted by atomic mass is 10.2. The molecule has 1 rings (SSSR count). The third-order valence-corrected chi connectivity index (χ3v) is 2.85. The Labute approximate surface area is 82.0 Å². The summed E-state index contributed by atoms with van der Waals surface area (Å²) in [5, 5.41) is 3.32. The summed E-state index contributed by atoms with van der Waals surface area (Å²) in [7, 11) is 0. The third-order valence-electron chi connectivity index (χ3n) is 1.54. The lowest BCUT2D eigenvalue weighted by Gasteiger charge is -2.07. The van der Waals surface area contributed by atoms with Crippen LogP contribution in [0.3, 0.4) is 0 Å². The third kappa shape index (κ3) is 3.52. The van der Waals surface area contributed by atoms with E-state index in [1.54, 1.807) is 11.3 Å². The molecule has 0 aliphatic carbocycles. The number of alkyl halides is 1. The molecule has 0 aliphatic heterocycles. The summed E-state index contributed by atoms with van der Waals surface area (Å²) in [5.41, 5.74) is 1.85. The minimum atomic E-state index is 0.541. The molecule has 1 aromatic heterocycles. The summed E-state index contributed by atoms with van der Waals surface area (Å²) in [6.45, 7) is 4.01. The van der Waals surface area contributed by atoms with Crippen molar-refractivity contribution in [3.63, 3.8) is 0 Å². The second-order valence-electron chi connectivity index (χ2n) is 2.86. The van der Waals surface area contributed by atoms with Gasteiger partial charge in [0.25, 0.3) is 0 Å². The molecule has 12 heavy (non-hydrogen) atoms. The SMILES string of the molecule is CC(CCl)CNCc1cncs1. The fourth-order valence-corrected chi connectivity index (χ4v) is 1.50. The molecule has 0 amide bonds. The van der Waals surface area contributed by atoms with E-state index in [-0.39, 0.29) is 0 Å². The molecule has 1 N–H and O–H groups in total. The predicted octanol–water partition coefficient (Wildman–Crippen LogP) is 2.11. The van der Waals surface area contributed by atoms with E-state index in [2.05, 4.69) is 17.2 Å².